The monoisotopic (exact) mass is 238 g/mol. The van der Waals surface area contributed by atoms with Gasteiger partial charge in [0.25, 0.3) is 5.69 Å². The van der Waals surface area contributed by atoms with E-state index in [0.717, 1.165) is 0 Å². The Bertz CT molecular complexity index is 426. The van der Waals surface area contributed by atoms with Crippen molar-refractivity contribution in [3.63, 3.8) is 0 Å². The molecule has 2 N–H and O–H groups in total. The molecule has 6 nitrogen and oxygen atoms in total. The second-order valence-corrected chi connectivity index (χ2v) is 3.97. The molecule has 6 heteroatoms. The minimum Gasteiger partial charge on any atom is -0.469 e. The van der Waals surface area contributed by atoms with Crippen LogP contribution in [-0.4, -0.2) is 18.0 Å². The van der Waals surface area contributed by atoms with Crippen LogP contribution in [0.25, 0.3) is 0 Å². The van der Waals surface area contributed by atoms with Gasteiger partial charge in [-0.25, -0.2) is 0 Å². The fourth-order valence-electron chi connectivity index (χ4n) is 1.44. The number of carbonyl (C=O) groups excluding carboxylic acids is 1. The minimum absolute atomic E-state index is 0.0115. The van der Waals surface area contributed by atoms with Crippen LogP contribution in [0.5, 0.6) is 0 Å². The van der Waals surface area contributed by atoms with E-state index in [1.54, 1.807) is 19.1 Å². The predicted molar refractivity (Wildman–Crippen MR) is 61.3 cm³/mol. The molecule has 0 bridgehead atoms. The number of nitrogens with two attached hydrogens (primary N) is 1. The Morgan fingerprint density at radius 3 is 2.41 bits per heavy atom. The van der Waals surface area contributed by atoms with E-state index in [9.17, 15) is 14.9 Å². The van der Waals surface area contributed by atoms with Crippen LogP contribution in [0.4, 0.5) is 5.69 Å². The topological polar surface area (TPSA) is 95.5 Å². The highest BCUT2D eigenvalue weighted by atomic mass is 16.6. The SMILES string of the molecule is COC(=O)CC(C)(N)c1ccc([N+](=O)[O-])cc1. The first-order valence-electron chi connectivity index (χ1n) is 4.97. The van der Waals surface area contributed by atoms with Crippen LogP contribution in [0.2, 0.25) is 0 Å². The largest absolute Gasteiger partial charge is 0.469 e. The number of nitrogens with zero attached hydrogens (tertiary/aromatic N) is 1. The van der Waals surface area contributed by atoms with E-state index in [-0.39, 0.29) is 12.1 Å². The van der Waals surface area contributed by atoms with Crippen molar-refractivity contribution in [3.05, 3.63) is 39.9 Å². The third-order valence-electron chi connectivity index (χ3n) is 2.48. The fourth-order valence-corrected chi connectivity index (χ4v) is 1.44. The van der Waals surface area contributed by atoms with Crippen LogP contribution in [0, 0.1) is 10.1 Å². The van der Waals surface area contributed by atoms with Crippen molar-refractivity contribution in [1.82, 2.24) is 0 Å². The summed E-state index contributed by atoms with van der Waals surface area (Å²) in [4.78, 5) is 21.2. The lowest BCUT2D eigenvalue weighted by atomic mass is 9.90. The molecule has 17 heavy (non-hydrogen) atoms. The molecule has 1 aromatic rings. The number of rotatable bonds is 4. The van der Waals surface area contributed by atoms with Crippen LogP contribution < -0.4 is 5.73 Å². The quantitative estimate of drug-likeness (QED) is 0.485. The van der Waals surface area contributed by atoms with Crippen LogP contribution in [0.3, 0.4) is 0 Å². The summed E-state index contributed by atoms with van der Waals surface area (Å²) in [7, 11) is 1.29. The lowest BCUT2D eigenvalue weighted by Gasteiger charge is -2.23. The molecular weight excluding hydrogens is 224 g/mol. The number of carbonyl (C=O) groups is 1. The van der Waals surface area contributed by atoms with E-state index in [2.05, 4.69) is 4.74 Å². The lowest BCUT2D eigenvalue weighted by molar-refractivity contribution is -0.384. The average Bonchev–Trinajstić information content (AvgIpc) is 2.28. The van der Waals surface area contributed by atoms with Crippen molar-refractivity contribution in [2.24, 2.45) is 5.73 Å². The Morgan fingerprint density at radius 1 is 1.47 bits per heavy atom. The van der Waals surface area contributed by atoms with Crippen LogP contribution >= 0.6 is 0 Å². The van der Waals surface area contributed by atoms with E-state index in [1.807, 2.05) is 0 Å². The van der Waals surface area contributed by atoms with Gasteiger partial charge in [-0.05, 0) is 12.5 Å². The van der Waals surface area contributed by atoms with Gasteiger partial charge in [0.15, 0.2) is 0 Å². The van der Waals surface area contributed by atoms with Crippen molar-refractivity contribution in [3.8, 4) is 0 Å². The molecule has 0 saturated heterocycles. The average molecular weight is 238 g/mol. The number of esters is 1. The highest BCUT2D eigenvalue weighted by Gasteiger charge is 2.25. The van der Waals surface area contributed by atoms with Gasteiger partial charge in [0.1, 0.15) is 0 Å². The second-order valence-electron chi connectivity index (χ2n) is 3.97. The molecule has 0 fully saturated rings. The van der Waals surface area contributed by atoms with Crippen LogP contribution in [-0.2, 0) is 15.1 Å². The van der Waals surface area contributed by atoms with Gasteiger partial charge in [0.05, 0.1) is 18.5 Å². The number of nitro benzene ring substituents is 1. The number of benzene rings is 1. The predicted octanol–water partition coefficient (Wildman–Crippen LogP) is 1.33. The molecule has 1 aromatic carbocycles. The number of hydrogen-bond donors (Lipinski definition) is 1. The van der Waals surface area contributed by atoms with Gasteiger partial charge in [-0.3, -0.25) is 14.9 Å². The molecule has 0 spiro atoms. The Kier molecular flexibility index (Phi) is 3.80. The van der Waals surface area contributed by atoms with E-state index in [0.29, 0.717) is 5.56 Å². The maximum atomic E-state index is 11.2. The summed E-state index contributed by atoms with van der Waals surface area (Å²) in [5.41, 5.74) is 5.70. The third kappa shape index (κ3) is 3.25. The number of ether oxygens (including phenoxy) is 1. The lowest BCUT2D eigenvalue weighted by Crippen LogP contribution is -2.35. The normalized spacial score (nSPS) is 13.8. The summed E-state index contributed by atoms with van der Waals surface area (Å²) >= 11 is 0. The molecule has 0 heterocycles. The molecule has 1 unspecified atom stereocenters. The van der Waals surface area contributed by atoms with Gasteiger partial charge >= 0.3 is 5.97 Å². The Hall–Kier alpha value is -1.95. The van der Waals surface area contributed by atoms with Gasteiger partial charge in [-0.15, -0.1) is 0 Å². The summed E-state index contributed by atoms with van der Waals surface area (Å²) in [5.74, 6) is -0.423. The molecule has 1 atom stereocenters. The molecule has 92 valence electrons. The molecule has 0 aliphatic rings. The number of non-ortho nitro benzene ring substituents is 1. The summed E-state index contributed by atoms with van der Waals surface area (Å²) < 4.78 is 4.54. The van der Waals surface area contributed by atoms with E-state index in [4.69, 9.17) is 5.73 Å². The molecule has 0 aliphatic carbocycles. The molecule has 0 aromatic heterocycles. The van der Waals surface area contributed by atoms with Crippen molar-refractivity contribution >= 4 is 11.7 Å². The first-order chi connectivity index (χ1) is 7.86. The van der Waals surface area contributed by atoms with Crippen LogP contribution in [0.15, 0.2) is 24.3 Å². The summed E-state index contributed by atoms with van der Waals surface area (Å²) in [6, 6.07) is 5.80. The summed E-state index contributed by atoms with van der Waals surface area (Å²) in [6.07, 6.45) is 0.0152. The molecule has 0 saturated carbocycles. The minimum atomic E-state index is -0.901. The smallest absolute Gasteiger partial charge is 0.307 e. The number of nitro groups is 1. The van der Waals surface area contributed by atoms with E-state index in [1.165, 1.54) is 19.2 Å². The summed E-state index contributed by atoms with van der Waals surface area (Å²) in [5, 5.41) is 10.5. The Balaban J connectivity index is 2.91. The molecular formula is C11H14N2O4. The first kappa shape index (κ1) is 13.1. The van der Waals surface area contributed by atoms with E-state index >= 15 is 0 Å². The van der Waals surface area contributed by atoms with Crippen molar-refractivity contribution in [2.75, 3.05) is 7.11 Å². The molecule has 0 radical (unpaired) electrons. The standard InChI is InChI=1S/C11H14N2O4/c1-11(12,7-10(14)17-2)8-3-5-9(6-4-8)13(15)16/h3-6H,7,12H2,1-2H3. The number of methoxy groups -OCH3 is 1. The van der Waals surface area contributed by atoms with Crippen molar-refractivity contribution in [1.29, 1.82) is 0 Å². The second kappa shape index (κ2) is 4.92. The zero-order chi connectivity index (χ0) is 13.1. The highest BCUT2D eigenvalue weighted by molar-refractivity contribution is 5.71. The molecule has 0 amide bonds. The highest BCUT2D eigenvalue weighted by Crippen LogP contribution is 2.24. The van der Waals surface area contributed by atoms with Gasteiger partial charge in [0, 0.05) is 17.7 Å². The molecule has 1 rings (SSSR count). The van der Waals surface area contributed by atoms with Gasteiger partial charge in [-0.2, -0.15) is 0 Å². The van der Waals surface area contributed by atoms with Gasteiger partial charge in [0.2, 0.25) is 0 Å². The zero-order valence-electron chi connectivity index (χ0n) is 9.67. The fraction of sp³-hybridized carbons (Fsp3) is 0.364. The third-order valence-corrected chi connectivity index (χ3v) is 2.48. The first-order valence-corrected chi connectivity index (χ1v) is 4.97. The van der Waals surface area contributed by atoms with Crippen molar-refractivity contribution in [2.45, 2.75) is 18.9 Å². The number of hydrogen-bond acceptors (Lipinski definition) is 5. The summed E-state index contributed by atoms with van der Waals surface area (Å²) in [6.45, 7) is 1.67. The Labute approximate surface area is 98.5 Å². The maximum Gasteiger partial charge on any atom is 0.307 e. The Morgan fingerprint density at radius 2 is 2.00 bits per heavy atom. The zero-order valence-corrected chi connectivity index (χ0v) is 9.67. The van der Waals surface area contributed by atoms with E-state index < -0.39 is 16.4 Å². The van der Waals surface area contributed by atoms with Crippen LogP contribution in [0.1, 0.15) is 18.9 Å². The van der Waals surface area contributed by atoms with Gasteiger partial charge in [-0.1, -0.05) is 12.1 Å². The van der Waals surface area contributed by atoms with Crippen molar-refractivity contribution < 1.29 is 14.5 Å². The molecule has 0 aliphatic heterocycles. The van der Waals surface area contributed by atoms with Gasteiger partial charge < -0.3 is 10.5 Å². The maximum absolute atomic E-state index is 11.2.